The third-order valence-corrected chi connectivity index (χ3v) is 6.67. The molecule has 0 saturated carbocycles. The monoisotopic (exact) mass is 415 g/mol. The summed E-state index contributed by atoms with van der Waals surface area (Å²) in [5.74, 6) is -0.404. The molecule has 2 heterocycles. The van der Waals surface area contributed by atoms with Crippen molar-refractivity contribution in [2.75, 3.05) is 18.4 Å². The third-order valence-electron chi connectivity index (χ3n) is 4.62. The van der Waals surface area contributed by atoms with Crippen molar-refractivity contribution in [2.24, 2.45) is 0 Å². The number of aromatic nitrogens is 3. The number of carbonyl (C=O) groups is 1. The highest BCUT2D eigenvalue weighted by atomic mass is 32.2. The van der Waals surface area contributed by atoms with Crippen LogP contribution in [0.25, 0.3) is 11.0 Å². The molecule has 8 nitrogen and oxygen atoms in total. The van der Waals surface area contributed by atoms with Gasteiger partial charge in [-0.1, -0.05) is 19.9 Å². The smallest absolute Gasteiger partial charge is 0.255 e. The number of benzene rings is 1. The number of amides is 1. The highest BCUT2D eigenvalue weighted by molar-refractivity contribution is 7.89. The Morgan fingerprint density at radius 2 is 1.90 bits per heavy atom. The Hall–Kier alpha value is -2.78. The van der Waals surface area contributed by atoms with Gasteiger partial charge >= 0.3 is 0 Å². The van der Waals surface area contributed by atoms with E-state index in [0.717, 1.165) is 11.0 Å². The summed E-state index contributed by atoms with van der Waals surface area (Å²) in [6, 6.07) is 8.02. The van der Waals surface area contributed by atoms with Gasteiger partial charge in [-0.25, -0.2) is 18.1 Å². The van der Waals surface area contributed by atoms with E-state index in [1.54, 1.807) is 44.4 Å². The summed E-state index contributed by atoms with van der Waals surface area (Å²) < 4.78 is 28.6. The summed E-state index contributed by atoms with van der Waals surface area (Å²) in [4.78, 5) is 17.2. The van der Waals surface area contributed by atoms with Gasteiger partial charge in [0.2, 0.25) is 10.0 Å². The quantitative estimate of drug-likeness (QED) is 0.639. The van der Waals surface area contributed by atoms with Crippen molar-refractivity contribution in [1.29, 1.82) is 0 Å². The highest BCUT2D eigenvalue weighted by Crippen LogP contribution is 2.21. The van der Waals surface area contributed by atoms with Crippen LogP contribution in [0.4, 0.5) is 5.69 Å². The lowest BCUT2D eigenvalue weighted by Crippen LogP contribution is -2.30. The molecule has 0 spiro atoms. The molecule has 0 bridgehead atoms. The van der Waals surface area contributed by atoms with E-state index in [1.807, 2.05) is 18.5 Å². The molecule has 3 rings (SSSR count). The van der Waals surface area contributed by atoms with Crippen molar-refractivity contribution < 1.29 is 13.2 Å². The lowest BCUT2D eigenvalue weighted by molar-refractivity contribution is 0.102. The van der Waals surface area contributed by atoms with Crippen LogP contribution in [0.1, 0.15) is 44.1 Å². The molecule has 1 aromatic carbocycles. The number of nitrogens with zero attached hydrogens (tertiary/aromatic N) is 4. The summed E-state index contributed by atoms with van der Waals surface area (Å²) in [5.41, 5.74) is 1.52. The van der Waals surface area contributed by atoms with Gasteiger partial charge in [-0.15, -0.1) is 0 Å². The fourth-order valence-electron chi connectivity index (χ4n) is 3.10. The van der Waals surface area contributed by atoms with Crippen LogP contribution in [0, 0.1) is 0 Å². The van der Waals surface area contributed by atoms with Crippen LogP contribution in [-0.4, -0.2) is 46.5 Å². The molecule has 0 fully saturated rings. The third kappa shape index (κ3) is 4.15. The average molecular weight is 416 g/mol. The number of pyridine rings is 1. The Labute approximate surface area is 170 Å². The van der Waals surface area contributed by atoms with Crippen molar-refractivity contribution in [1.82, 2.24) is 19.1 Å². The lowest BCUT2D eigenvalue weighted by atomic mass is 10.2. The van der Waals surface area contributed by atoms with Gasteiger partial charge in [0.05, 0.1) is 23.0 Å². The standard InChI is InChI=1S/C20H25N5O3S/c1-5-24(6-2)29(27,28)18-9-7-8-15(11-18)20(26)23-17-10-16-12-22-25(14(3)4)19(16)21-13-17/h7-14H,5-6H2,1-4H3,(H,23,26). The Balaban J connectivity index is 1.85. The number of nitrogens with one attached hydrogen (secondary N) is 1. The number of carbonyl (C=O) groups excluding carboxylic acids is 1. The Morgan fingerprint density at radius 1 is 1.17 bits per heavy atom. The van der Waals surface area contributed by atoms with E-state index in [1.165, 1.54) is 16.4 Å². The van der Waals surface area contributed by atoms with Gasteiger partial charge in [-0.3, -0.25) is 4.79 Å². The van der Waals surface area contributed by atoms with Gasteiger partial charge < -0.3 is 5.32 Å². The minimum absolute atomic E-state index is 0.0978. The topological polar surface area (TPSA) is 97.2 Å². The first-order chi connectivity index (χ1) is 13.8. The van der Waals surface area contributed by atoms with E-state index in [-0.39, 0.29) is 16.5 Å². The van der Waals surface area contributed by atoms with Gasteiger partial charge in [0.1, 0.15) is 0 Å². The SMILES string of the molecule is CCN(CC)S(=O)(=O)c1cccc(C(=O)Nc2cnc3c(cnn3C(C)C)c2)c1. The number of hydrogen-bond donors (Lipinski definition) is 1. The van der Waals surface area contributed by atoms with Gasteiger partial charge in [0, 0.05) is 30.1 Å². The maximum atomic E-state index is 12.7. The van der Waals surface area contributed by atoms with Crippen LogP contribution in [0.2, 0.25) is 0 Å². The second-order valence-corrected chi connectivity index (χ2v) is 8.83. The summed E-state index contributed by atoms with van der Waals surface area (Å²) >= 11 is 0. The predicted octanol–water partition coefficient (Wildman–Crippen LogP) is 3.30. The summed E-state index contributed by atoms with van der Waals surface area (Å²) in [5, 5.41) is 7.91. The molecule has 0 radical (unpaired) electrons. The molecule has 3 aromatic rings. The maximum Gasteiger partial charge on any atom is 0.255 e. The summed E-state index contributed by atoms with van der Waals surface area (Å²) in [6.07, 6.45) is 3.27. The first-order valence-electron chi connectivity index (χ1n) is 9.52. The second kappa shape index (κ2) is 8.30. The Morgan fingerprint density at radius 3 is 2.55 bits per heavy atom. The van der Waals surface area contributed by atoms with E-state index < -0.39 is 15.9 Å². The lowest BCUT2D eigenvalue weighted by Gasteiger charge is -2.18. The van der Waals surface area contributed by atoms with Crippen LogP contribution in [0.3, 0.4) is 0 Å². The number of sulfonamides is 1. The van der Waals surface area contributed by atoms with Crippen LogP contribution >= 0.6 is 0 Å². The van der Waals surface area contributed by atoms with Crippen molar-refractivity contribution >= 4 is 32.7 Å². The maximum absolute atomic E-state index is 12.7. The molecular weight excluding hydrogens is 390 g/mol. The molecule has 0 aliphatic heterocycles. The van der Waals surface area contributed by atoms with Gasteiger partial charge in [-0.05, 0) is 38.1 Å². The normalized spacial score (nSPS) is 12.1. The molecule has 1 N–H and O–H groups in total. The Kier molecular flexibility index (Phi) is 5.99. The fourth-order valence-corrected chi connectivity index (χ4v) is 4.60. The zero-order chi connectivity index (χ0) is 21.2. The van der Waals surface area contributed by atoms with E-state index in [0.29, 0.717) is 18.8 Å². The summed E-state index contributed by atoms with van der Waals surface area (Å²) in [6.45, 7) is 8.33. The molecule has 0 aliphatic rings. The first kappa shape index (κ1) is 20.9. The van der Waals surface area contributed by atoms with Crippen LogP contribution in [-0.2, 0) is 10.0 Å². The molecule has 2 aromatic heterocycles. The van der Waals surface area contributed by atoms with Crippen LogP contribution in [0.5, 0.6) is 0 Å². The zero-order valence-electron chi connectivity index (χ0n) is 17.0. The van der Waals surface area contributed by atoms with Crippen molar-refractivity contribution in [3.05, 3.63) is 48.3 Å². The molecule has 0 saturated heterocycles. The number of fused-ring (bicyclic) bond motifs is 1. The van der Waals surface area contributed by atoms with Gasteiger partial charge in [0.25, 0.3) is 5.91 Å². The minimum Gasteiger partial charge on any atom is -0.321 e. The zero-order valence-corrected chi connectivity index (χ0v) is 17.8. The van der Waals surface area contributed by atoms with Crippen molar-refractivity contribution in [3.8, 4) is 0 Å². The molecule has 1 amide bonds. The van der Waals surface area contributed by atoms with Crippen molar-refractivity contribution in [3.63, 3.8) is 0 Å². The second-order valence-electron chi connectivity index (χ2n) is 6.89. The largest absolute Gasteiger partial charge is 0.321 e. The minimum atomic E-state index is -3.63. The summed E-state index contributed by atoms with van der Waals surface area (Å²) in [7, 11) is -3.63. The number of rotatable bonds is 7. The molecule has 0 atom stereocenters. The van der Waals surface area contributed by atoms with Crippen molar-refractivity contribution in [2.45, 2.75) is 38.6 Å². The molecule has 0 aliphatic carbocycles. The van der Waals surface area contributed by atoms with Gasteiger partial charge in [-0.2, -0.15) is 9.40 Å². The first-order valence-corrected chi connectivity index (χ1v) is 11.0. The van der Waals surface area contributed by atoms with Gasteiger partial charge in [0.15, 0.2) is 5.65 Å². The van der Waals surface area contributed by atoms with E-state index in [9.17, 15) is 13.2 Å². The molecule has 154 valence electrons. The number of anilines is 1. The van der Waals surface area contributed by atoms with E-state index in [2.05, 4.69) is 15.4 Å². The van der Waals surface area contributed by atoms with Crippen LogP contribution in [0.15, 0.2) is 47.6 Å². The van der Waals surface area contributed by atoms with E-state index >= 15 is 0 Å². The fraction of sp³-hybridized carbons (Fsp3) is 0.350. The molecule has 9 heteroatoms. The van der Waals surface area contributed by atoms with E-state index in [4.69, 9.17) is 0 Å². The highest BCUT2D eigenvalue weighted by Gasteiger charge is 2.22. The molecular formula is C20H25N5O3S. The average Bonchev–Trinajstić information content (AvgIpc) is 3.12. The Bertz CT molecular complexity index is 1130. The molecule has 0 unspecified atom stereocenters. The predicted molar refractivity (Wildman–Crippen MR) is 112 cm³/mol. The molecule has 29 heavy (non-hydrogen) atoms. The van der Waals surface area contributed by atoms with Crippen LogP contribution < -0.4 is 5.32 Å². The number of hydrogen-bond acceptors (Lipinski definition) is 5.